The molecular weight excluding hydrogens is 210 g/mol. The highest BCUT2D eigenvalue weighted by Gasteiger charge is 2.10. The molecule has 0 radical (unpaired) electrons. The second kappa shape index (κ2) is 5.46. The molecule has 17 heavy (non-hydrogen) atoms. The summed E-state index contributed by atoms with van der Waals surface area (Å²) >= 11 is 0. The van der Waals surface area contributed by atoms with Crippen molar-refractivity contribution in [2.24, 2.45) is 5.73 Å². The lowest BCUT2D eigenvalue weighted by Crippen LogP contribution is -2.21. The Hall–Kier alpha value is -1.87. The number of benzene rings is 1. The van der Waals surface area contributed by atoms with E-state index in [0.717, 1.165) is 11.4 Å². The van der Waals surface area contributed by atoms with Gasteiger partial charge in [-0.05, 0) is 24.1 Å². The molecule has 3 heteroatoms. The van der Waals surface area contributed by atoms with E-state index in [-0.39, 0.29) is 6.04 Å². The molecule has 1 aromatic carbocycles. The molecule has 0 saturated heterocycles. The van der Waals surface area contributed by atoms with Crippen LogP contribution in [0.25, 0.3) is 0 Å². The average molecular weight is 227 g/mol. The van der Waals surface area contributed by atoms with Crippen molar-refractivity contribution < 1.29 is 0 Å². The molecular formula is C14H17N3. The van der Waals surface area contributed by atoms with Crippen molar-refractivity contribution in [1.29, 1.82) is 0 Å². The van der Waals surface area contributed by atoms with Crippen LogP contribution >= 0.6 is 0 Å². The summed E-state index contributed by atoms with van der Waals surface area (Å²) in [6, 6.07) is 14.3. The first-order valence-electron chi connectivity index (χ1n) is 5.74. The zero-order valence-electron chi connectivity index (χ0n) is 9.93. The fourth-order valence-corrected chi connectivity index (χ4v) is 1.77. The maximum atomic E-state index is 5.81. The summed E-state index contributed by atoms with van der Waals surface area (Å²) in [6.07, 6.45) is 1.79. The van der Waals surface area contributed by atoms with Gasteiger partial charge in [-0.1, -0.05) is 36.4 Å². The molecule has 3 N–H and O–H groups in total. The van der Waals surface area contributed by atoms with Gasteiger partial charge in [0.05, 0.1) is 6.04 Å². The molecule has 1 atom stereocenters. The maximum Gasteiger partial charge on any atom is 0.129 e. The number of rotatable bonds is 4. The van der Waals surface area contributed by atoms with E-state index in [1.54, 1.807) is 6.20 Å². The SMILES string of the molecule is Cc1cccnc1NC(CN)c1ccccc1. The van der Waals surface area contributed by atoms with Crippen molar-refractivity contribution in [3.63, 3.8) is 0 Å². The van der Waals surface area contributed by atoms with Crippen LogP contribution in [-0.4, -0.2) is 11.5 Å². The van der Waals surface area contributed by atoms with E-state index in [4.69, 9.17) is 5.73 Å². The van der Waals surface area contributed by atoms with E-state index < -0.39 is 0 Å². The highest BCUT2D eigenvalue weighted by Crippen LogP contribution is 2.19. The second-order valence-electron chi connectivity index (χ2n) is 4.01. The van der Waals surface area contributed by atoms with Crippen LogP contribution in [0.5, 0.6) is 0 Å². The molecule has 0 aliphatic heterocycles. The third kappa shape index (κ3) is 2.82. The van der Waals surface area contributed by atoms with Gasteiger partial charge in [0.25, 0.3) is 0 Å². The minimum Gasteiger partial charge on any atom is -0.362 e. The van der Waals surface area contributed by atoms with Gasteiger partial charge in [0, 0.05) is 12.7 Å². The normalized spacial score (nSPS) is 12.1. The van der Waals surface area contributed by atoms with Gasteiger partial charge in [-0.15, -0.1) is 0 Å². The van der Waals surface area contributed by atoms with E-state index in [1.807, 2.05) is 37.3 Å². The number of pyridine rings is 1. The summed E-state index contributed by atoms with van der Waals surface area (Å²) in [7, 11) is 0. The molecule has 2 rings (SSSR count). The number of anilines is 1. The summed E-state index contributed by atoms with van der Waals surface area (Å²) < 4.78 is 0. The Morgan fingerprint density at radius 1 is 1.18 bits per heavy atom. The standard InChI is InChI=1S/C14H17N3/c1-11-6-5-9-16-14(11)17-13(10-15)12-7-3-2-4-8-12/h2-9,13H,10,15H2,1H3,(H,16,17). The molecule has 3 nitrogen and oxygen atoms in total. The van der Waals surface area contributed by atoms with Crippen molar-refractivity contribution in [3.05, 3.63) is 59.8 Å². The van der Waals surface area contributed by atoms with Crippen LogP contribution in [0.15, 0.2) is 48.7 Å². The molecule has 0 fully saturated rings. The average Bonchev–Trinajstić information content (AvgIpc) is 2.39. The second-order valence-corrected chi connectivity index (χ2v) is 4.01. The minimum absolute atomic E-state index is 0.102. The summed E-state index contributed by atoms with van der Waals surface area (Å²) in [5, 5.41) is 3.38. The lowest BCUT2D eigenvalue weighted by molar-refractivity contribution is 0.783. The highest BCUT2D eigenvalue weighted by atomic mass is 15.0. The quantitative estimate of drug-likeness (QED) is 0.843. The highest BCUT2D eigenvalue weighted by molar-refractivity contribution is 5.45. The molecule has 0 bridgehead atoms. The molecule has 0 aliphatic carbocycles. The van der Waals surface area contributed by atoms with Crippen LogP contribution in [0.1, 0.15) is 17.2 Å². The Morgan fingerprint density at radius 2 is 1.94 bits per heavy atom. The Kier molecular flexibility index (Phi) is 3.73. The molecule has 1 heterocycles. The van der Waals surface area contributed by atoms with Crippen molar-refractivity contribution in [2.75, 3.05) is 11.9 Å². The number of aryl methyl sites for hydroxylation is 1. The Balaban J connectivity index is 2.19. The number of nitrogens with two attached hydrogens (primary N) is 1. The number of hydrogen-bond acceptors (Lipinski definition) is 3. The third-order valence-corrected chi connectivity index (χ3v) is 2.76. The largest absolute Gasteiger partial charge is 0.362 e. The first-order chi connectivity index (χ1) is 8.31. The Labute approximate surface area is 102 Å². The fraction of sp³-hybridized carbons (Fsp3) is 0.214. The predicted octanol–water partition coefficient (Wildman–Crippen LogP) is 2.50. The fourth-order valence-electron chi connectivity index (χ4n) is 1.77. The first kappa shape index (κ1) is 11.6. The summed E-state index contributed by atoms with van der Waals surface area (Å²) in [6.45, 7) is 2.58. The lowest BCUT2D eigenvalue weighted by atomic mass is 10.1. The van der Waals surface area contributed by atoms with Gasteiger partial charge in [-0.2, -0.15) is 0 Å². The molecule has 0 amide bonds. The van der Waals surface area contributed by atoms with Crippen LogP contribution in [0.4, 0.5) is 5.82 Å². The van der Waals surface area contributed by atoms with E-state index in [9.17, 15) is 0 Å². The number of nitrogens with zero attached hydrogens (tertiary/aromatic N) is 1. The zero-order chi connectivity index (χ0) is 12.1. The smallest absolute Gasteiger partial charge is 0.129 e. The summed E-state index contributed by atoms with van der Waals surface area (Å²) in [4.78, 5) is 4.32. The minimum atomic E-state index is 0.102. The number of nitrogens with one attached hydrogen (secondary N) is 1. The molecule has 88 valence electrons. The molecule has 0 aliphatic rings. The van der Waals surface area contributed by atoms with Crippen LogP contribution in [0, 0.1) is 6.92 Å². The monoisotopic (exact) mass is 227 g/mol. The van der Waals surface area contributed by atoms with Gasteiger partial charge in [0.2, 0.25) is 0 Å². The van der Waals surface area contributed by atoms with E-state index >= 15 is 0 Å². The summed E-state index contributed by atoms with van der Waals surface area (Å²) in [5.41, 5.74) is 8.12. The third-order valence-electron chi connectivity index (χ3n) is 2.76. The van der Waals surface area contributed by atoms with Gasteiger partial charge in [-0.25, -0.2) is 4.98 Å². The Bertz CT molecular complexity index is 468. The van der Waals surface area contributed by atoms with Gasteiger partial charge >= 0.3 is 0 Å². The van der Waals surface area contributed by atoms with Crippen LogP contribution < -0.4 is 11.1 Å². The van der Waals surface area contributed by atoms with Gasteiger partial charge in [0.15, 0.2) is 0 Å². The zero-order valence-corrected chi connectivity index (χ0v) is 9.93. The molecule has 1 unspecified atom stereocenters. The lowest BCUT2D eigenvalue weighted by Gasteiger charge is -2.18. The summed E-state index contributed by atoms with van der Waals surface area (Å²) in [5.74, 6) is 0.895. The molecule has 0 spiro atoms. The number of hydrogen-bond donors (Lipinski definition) is 2. The predicted molar refractivity (Wildman–Crippen MR) is 70.8 cm³/mol. The van der Waals surface area contributed by atoms with Crippen molar-refractivity contribution in [1.82, 2.24) is 4.98 Å². The molecule has 1 aromatic heterocycles. The van der Waals surface area contributed by atoms with E-state index in [0.29, 0.717) is 6.54 Å². The van der Waals surface area contributed by atoms with Gasteiger partial charge in [-0.3, -0.25) is 0 Å². The van der Waals surface area contributed by atoms with E-state index in [1.165, 1.54) is 5.56 Å². The Morgan fingerprint density at radius 3 is 2.59 bits per heavy atom. The van der Waals surface area contributed by atoms with E-state index in [2.05, 4.69) is 22.4 Å². The van der Waals surface area contributed by atoms with Crippen LogP contribution in [0.2, 0.25) is 0 Å². The topological polar surface area (TPSA) is 50.9 Å². The van der Waals surface area contributed by atoms with Gasteiger partial charge in [0.1, 0.15) is 5.82 Å². The van der Waals surface area contributed by atoms with Crippen molar-refractivity contribution in [3.8, 4) is 0 Å². The van der Waals surface area contributed by atoms with Crippen LogP contribution in [-0.2, 0) is 0 Å². The van der Waals surface area contributed by atoms with Crippen molar-refractivity contribution in [2.45, 2.75) is 13.0 Å². The van der Waals surface area contributed by atoms with Gasteiger partial charge < -0.3 is 11.1 Å². The van der Waals surface area contributed by atoms with Crippen LogP contribution in [0.3, 0.4) is 0 Å². The molecule has 0 saturated carbocycles. The number of aromatic nitrogens is 1. The molecule has 2 aromatic rings. The van der Waals surface area contributed by atoms with Crippen molar-refractivity contribution >= 4 is 5.82 Å². The maximum absolute atomic E-state index is 5.81. The first-order valence-corrected chi connectivity index (χ1v) is 5.74.